The van der Waals surface area contributed by atoms with Crippen molar-refractivity contribution in [2.45, 2.75) is 19.4 Å². The smallest absolute Gasteiger partial charge is 0.317 e. The largest absolute Gasteiger partial charge is 0.468 e. The number of carbonyl (C=O) groups excluding carboxylic acids is 1. The zero-order chi connectivity index (χ0) is 20.4. The molecule has 1 aromatic carbocycles. The van der Waals surface area contributed by atoms with Crippen LogP contribution in [0.4, 0.5) is 0 Å². The molecule has 6 nitrogen and oxygen atoms in total. The van der Waals surface area contributed by atoms with Gasteiger partial charge in [0.2, 0.25) is 0 Å². The van der Waals surface area contributed by atoms with E-state index >= 15 is 0 Å². The van der Waals surface area contributed by atoms with Gasteiger partial charge in [0.25, 0.3) is 0 Å². The second-order valence-corrected chi connectivity index (χ2v) is 7.34. The normalized spacial score (nSPS) is 14.6. The average molecular weight is 449 g/mol. The lowest BCUT2D eigenvalue weighted by molar-refractivity contribution is -0.139. The molecule has 144 valence electrons. The maximum atomic E-state index is 11.5. The summed E-state index contributed by atoms with van der Waals surface area (Å²) in [5.74, 6) is 6.28. The summed E-state index contributed by atoms with van der Waals surface area (Å²) in [5.41, 5.74) is 4.33. The molecule has 3 aromatic rings. The van der Waals surface area contributed by atoms with E-state index in [2.05, 4.69) is 47.0 Å². The van der Waals surface area contributed by atoms with Crippen molar-refractivity contribution in [1.29, 1.82) is 0 Å². The van der Waals surface area contributed by atoms with Crippen LogP contribution in [0, 0.1) is 18.8 Å². The molecule has 0 aliphatic carbocycles. The maximum absolute atomic E-state index is 11.5. The van der Waals surface area contributed by atoms with Gasteiger partial charge in [-0.15, -0.1) is 0 Å². The Labute approximate surface area is 176 Å². The average Bonchev–Trinajstić information content (AvgIpc) is 3.05. The van der Waals surface area contributed by atoms with Crippen LogP contribution in [0.5, 0.6) is 0 Å². The molecule has 1 aliphatic rings. The van der Waals surface area contributed by atoms with Crippen molar-refractivity contribution in [2.24, 2.45) is 4.99 Å². The Kier molecular flexibility index (Phi) is 5.28. The number of pyridine rings is 1. The number of hydrogen-bond donors (Lipinski definition) is 0. The Morgan fingerprint density at radius 3 is 2.90 bits per heavy atom. The van der Waals surface area contributed by atoms with Gasteiger partial charge in [-0.05, 0) is 37.3 Å². The van der Waals surface area contributed by atoms with E-state index in [9.17, 15) is 4.79 Å². The number of aryl methyl sites for hydroxylation is 1. The molecule has 4 rings (SSSR count). The van der Waals surface area contributed by atoms with Crippen LogP contribution in [0.15, 0.2) is 58.3 Å². The van der Waals surface area contributed by atoms with E-state index in [0.29, 0.717) is 5.82 Å². The third-order valence-corrected chi connectivity index (χ3v) is 5.02. The highest BCUT2D eigenvalue weighted by Crippen LogP contribution is 2.32. The summed E-state index contributed by atoms with van der Waals surface area (Å²) in [6.07, 6.45) is 3.54. The summed E-state index contributed by atoms with van der Waals surface area (Å²) >= 11 is 3.57. The minimum atomic E-state index is -0.545. The second-order valence-electron chi connectivity index (χ2n) is 6.42. The first kappa shape index (κ1) is 19.1. The van der Waals surface area contributed by atoms with Crippen molar-refractivity contribution < 1.29 is 9.53 Å². The molecule has 1 atom stereocenters. The molecule has 1 aliphatic heterocycles. The molecule has 0 bridgehead atoms. The number of ether oxygens (including phenoxy) is 1. The lowest BCUT2D eigenvalue weighted by atomic mass is 10.0. The third kappa shape index (κ3) is 3.71. The van der Waals surface area contributed by atoms with Crippen LogP contribution in [-0.4, -0.2) is 33.3 Å². The highest BCUT2D eigenvalue weighted by atomic mass is 79.9. The summed E-state index contributed by atoms with van der Waals surface area (Å²) in [6.45, 7) is 1.99. The molecule has 29 heavy (non-hydrogen) atoms. The molecule has 3 heterocycles. The van der Waals surface area contributed by atoms with Gasteiger partial charge in [0, 0.05) is 28.1 Å². The number of halogens is 1. The molecule has 7 heteroatoms. The molecule has 0 radical (unpaired) electrons. The standard InChI is InChI=1S/C22H17BrN4O2/c1-14-13-25-22-18(7-5-8-20(28)29-2)26-21(17-6-3-4-11-24-17)16-12-15(23)9-10-19(16)27(14)22/h3-4,6,9-13,18H,8H2,1-2H3/t18-/m0/s1. The van der Waals surface area contributed by atoms with Crippen LogP contribution >= 0.6 is 15.9 Å². The Bertz CT molecular complexity index is 1170. The lowest BCUT2D eigenvalue weighted by Crippen LogP contribution is -2.09. The zero-order valence-corrected chi connectivity index (χ0v) is 17.5. The molecular weight excluding hydrogens is 432 g/mol. The number of benzene rings is 1. The monoisotopic (exact) mass is 448 g/mol. The number of nitrogens with zero attached hydrogens (tertiary/aromatic N) is 4. The molecule has 0 unspecified atom stereocenters. The first-order valence-electron chi connectivity index (χ1n) is 8.97. The molecular formula is C22H17BrN4O2. The van der Waals surface area contributed by atoms with Gasteiger partial charge in [0.15, 0.2) is 11.9 Å². The molecule has 0 amide bonds. The SMILES string of the molecule is COC(=O)CC#C[C@@H]1N=C(c2ccccn2)c2cc(Br)ccc2-n2c(C)cnc21. The van der Waals surface area contributed by atoms with E-state index in [1.165, 1.54) is 7.11 Å². The minimum Gasteiger partial charge on any atom is -0.468 e. The van der Waals surface area contributed by atoms with Crippen LogP contribution in [0.1, 0.15) is 35.2 Å². The number of rotatable bonds is 2. The van der Waals surface area contributed by atoms with Crippen molar-refractivity contribution in [3.8, 4) is 17.5 Å². The number of fused-ring (bicyclic) bond motifs is 3. The van der Waals surface area contributed by atoms with Crippen LogP contribution in [-0.2, 0) is 9.53 Å². The highest BCUT2D eigenvalue weighted by Gasteiger charge is 2.26. The van der Waals surface area contributed by atoms with Gasteiger partial charge in [0.05, 0.1) is 24.2 Å². The quantitative estimate of drug-likeness (QED) is 0.441. The topological polar surface area (TPSA) is 69.4 Å². The van der Waals surface area contributed by atoms with Gasteiger partial charge in [-0.2, -0.15) is 0 Å². The first-order chi connectivity index (χ1) is 14.1. The third-order valence-electron chi connectivity index (χ3n) is 4.53. The van der Waals surface area contributed by atoms with Crippen molar-refractivity contribution >= 4 is 27.6 Å². The van der Waals surface area contributed by atoms with Gasteiger partial charge in [-0.3, -0.25) is 19.3 Å². The van der Waals surface area contributed by atoms with Crippen molar-refractivity contribution in [1.82, 2.24) is 14.5 Å². The summed E-state index contributed by atoms with van der Waals surface area (Å²) in [7, 11) is 1.34. The Morgan fingerprint density at radius 2 is 2.14 bits per heavy atom. The van der Waals surface area contributed by atoms with Gasteiger partial charge < -0.3 is 4.74 Å². The van der Waals surface area contributed by atoms with E-state index in [0.717, 1.165) is 32.8 Å². The van der Waals surface area contributed by atoms with Crippen LogP contribution in [0.25, 0.3) is 5.69 Å². The number of methoxy groups -OCH3 is 1. The van der Waals surface area contributed by atoms with Crippen LogP contribution < -0.4 is 0 Å². The van der Waals surface area contributed by atoms with Gasteiger partial charge in [-0.1, -0.05) is 33.8 Å². The van der Waals surface area contributed by atoms with E-state index in [-0.39, 0.29) is 12.4 Å². The number of carbonyl (C=O) groups is 1. The maximum Gasteiger partial charge on any atom is 0.317 e. The number of aromatic nitrogens is 3. The second kappa shape index (κ2) is 8.02. The Morgan fingerprint density at radius 1 is 1.28 bits per heavy atom. The molecule has 0 N–H and O–H groups in total. The Hall–Kier alpha value is -3.24. The summed E-state index contributed by atoms with van der Waals surface area (Å²) in [4.78, 5) is 25.5. The fraction of sp³-hybridized carbons (Fsp3) is 0.182. The first-order valence-corrected chi connectivity index (χ1v) is 9.76. The number of imidazole rings is 1. The predicted molar refractivity (Wildman–Crippen MR) is 113 cm³/mol. The van der Waals surface area contributed by atoms with E-state index in [1.54, 1.807) is 12.4 Å². The molecule has 0 spiro atoms. The summed E-state index contributed by atoms with van der Waals surface area (Å²) in [6, 6.07) is 11.2. The van der Waals surface area contributed by atoms with E-state index in [1.807, 2.05) is 43.3 Å². The van der Waals surface area contributed by atoms with E-state index < -0.39 is 6.04 Å². The van der Waals surface area contributed by atoms with E-state index in [4.69, 9.17) is 4.99 Å². The predicted octanol–water partition coefficient (Wildman–Crippen LogP) is 3.80. The zero-order valence-electron chi connectivity index (χ0n) is 15.9. The fourth-order valence-electron chi connectivity index (χ4n) is 3.21. The highest BCUT2D eigenvalue weighted by molar-refractivity contribution is 9.10. The lowest BCUT2D eigenvalue weighted by Gasteiger charge is -2.13. The fourth-order valence-corrected chi connectivity index (χ4v) is 3.57. The van der Waals surface area contributed by atoms with Crippen LogP contribution in [0.2, 0.25) is 0 Å². The van der Waals surface area contributed by atoms with Gasteiger partial charge in [0.1, 0.15) is 6.42 Å². The van der Waals surface area contributed by atoms with Gasteiger partial charge >= 0.3 is 5.97 Å². The Balaban J connectivity index is 1.95. The van der Waals surface area contributed by atoms with Gasteiger partial charge in [-0.25, -0.2) is 4.98 Å². The summed E-state index contributed by atoms with van der Waals surface area (Å²) < 4.78 is 7.67. The molecule has 0 saturated heterocycles. The van der Waals surface area contributed by atoms with Crippen molar-refractivity contribution in [3.63, 3.8) is 0 Å². The van der Waals surface area contributed by atoms with Crippen LogP contribution in [0.3, 0.4) is 0 Å². The molecule has 0 saturated carbocycles. The van der Waals surface area contributed by atoms with Crippen molar-refractivity contribution in [2.75, 3.05) is 7.11 Å². The summed E-state index contributed by atoms with van der Waals surface area (Å²) in [5, 5.41) is 0. The molecule has 0 fully saturated rings. The number of esters is 1. The minimum absolute atomic E-state index is 0.000369. The molecule has 2 aromatic heterocycles. The number of hydrogen-bond acceptors (Lipinski definition) is 5. The number of aliphatic imine (C=N–C) groups is 1. The van der Waals surface area contributed by atoms with Crippen molar-refractivity contribution in [3.05, 3.63) is 76.0 Å².